The molecule has 1 heterocycles. The molecule has 2 rings (SSSR count). The first-order valence-corrected chi connectivity index (χ1v) is 5.81. The van der Waals surface area contributed by atoms with Gasteiger partial charge in [-0.15, -0.1) is 0 Å². The third-order valence-electron chi connectivity index (χ3n) is 2.81. The zero-order valence-corrected chi connectivity index (χ0v) is 10.2. The number of carbonyl (C=O) groups is 1. The van der Waals surface area contributed by atoms with Gasteiger partial charge in [-0.1, -0.05) is 12.1 Å². The van der Waals surface area contributed by atoms with Crippen molar-refractivity contribution in [3.63, 3.8) is 0 Å². The number of rotatable bonds is 4. The zero-order valence-electron chi connectivity index (χ0n) is 10.2. The molecule has 0 aromatic heterocycles. The number of aliphatic hydroxyl groups excluding tert-OH is 1. The lowest BCUT2D eigenvalue weighted by Gasteiger charge is -2.13. The fraction of sp³-hybridized carbons (Fsp3) is 0.462. The molecule has 1 N–H and O–H groups in total. The number of ether oxygens (including phenoxy) is 3. The van der Waals surface area contributed by atoms with E-state index in [2.05, 4.69) is 4.74 Å². The normalized spacial score (nSPS) is 20.4. The average Bonchev–Trinajstić information content (AvgIpc) is 2.91. The molecule has 1 aliphatic heterocycles. The molecule has 98 valence electrons. The summed E-state index contributed by atoms with van der Waals surface area (Å²) in [6, 6.07) is 6.74. The minimum absolute atomic E-state index is 0.0846. The standard InChI is InChI=1S/C13H16O5/c1-16-13(15)12(14)9-2-4-10(5-3-9)18-11-6-7-17-8-11/h2-5,11-12,14H,6-8H2,1H3. The smallest absolute Gasteiger partial charge is 0.339 e. The maximum atomic E-state index is 11.2. The van der Waals surface area contributed by atoms with E-state index < -0.39 is 12.1 Å². The van der Waals surface area contributed by atoms with E-state index in [1.54, 1.807) is 24.3 Å². The summed E-state index contributed by atoms with van der Waals surface area (Å²) in [7, 11) is 1.24. The number of carbonyl (C=O) groups excluding carboxylic acids is 1. The molecular weight excluding hydrogens is 236 g/mol. The molecule has 0 amide bonds. The molecule has 1 aromatic rings. The monoisotopic (exact) mass is 252 g/mol. The van der Waals surface area contributed by atoms with Gasteiger partial charge in [-0.3, -0.25) is 0 Å². The van der Waals surface area contributed by atoms with Crippen molar-refractivity contribution >= 4 is 5.97 Å². The number of esters is 1. The van der Waals surface area contributed by atoms with Crippen LogP contribution < -0.4 is 4.74 Å². The van der Waals surface area contributed by atoms with E-state index in [9.17, 15) is 9.90 Å². The summed E-state index contributed by atoms with van der Waals surface area (Å²) in [5, 5.41) is 9.63. The second kappa shape index (κ2) is 5.84. The minimum Gasteiger partial charge on any atom is -0.488 e. The van der Waals surface area contributed by atoms with Crippen LogP contribution in [0.25, 0.3) is 0 Å². The second-order valence-corrected chi connectivity index (χ2v) is 4.10. The Hall–Kier alpha value is -1.59. The van der Waals surface area contributed by atoms with E-state index in [4.69, 9.17) is 9.47 Å². The molecule has 2 unspecified atom stereocenters. The van der Waals surface area contributed by atoms with Crippen molar-refractivity contribution in [3.05, 3.63) is 29.8 Å². The van der Waals surface area contributed by atoms with Crippen molar-refractivity contribution in [1.29, 1.82) is 0 Å². The molecular formula is C13H16O5. The van der Waals surface area contributed by atoms with Crippen LogP contribution >= 0.6 is 0 Å². The van der Waals surface area contributed by atoms with Crippen LogP contribution in [0.2, 0.25) is 0 Å². The SMILES string of the molecule is COC(=O)C(O)c1ccc(OC2CCOC2)cc1. The Kier molecular flexibility index (Phi) is 4.17. The Labute approximate surface area is 105 Å². The van der Waals surface area contributed by atoms with Gasteiger partial charge in [-0.25, -0.2) is 4.79 Å². The molecule has 5 nitrogen and oxygen atoms in total. The molecule has 0 saturated carbocycles. The van der Waals surface area contributed by atoms with Crippen LogP contribution in [-0.4, -0.2) is 37.5 Å². The number of methoxy groups -OCH3 is 1. The fourth-order valence-electron chi connectivity index (χ4n) is 1.77. The Balaban J connectivity index is 1.98. The van der Waals surface area contributed by atoms with Gasteiger partial charge in [-0.2, -0.15) is 0 Å². The first-order chi connectivity index (χ1) is 8.70. The van der Waals surface area contributed by atoms with Gasteiger partial charge in [-0.05, 0) is 17.7 Å². The molecule has 1 aromatic carbocycles. The summed E-state index contributed by atoms with van der Waals surface area (Å²) >= 11 is 0. The largest absolute Gasteiger partial charge is 0.488 e. The van der Waals surface area contributed by atoms with E-state index >= 15 is 0 Å². The van der Waals surface area contributed by atoms with Crippen molar-refractivity contribution in [2.75, 3.05) is 20.3 Å². The summed E-state index contributed by atoms with van der Waals surface area (Å²) in [6.45, 7) is 1.33. The second-order valence-electron chi connectivity index (χ2n) is 4.10. The number of benzene rings is 1. The fourth-order valence-corrected chi connectivity index (χ4v) is 1.77. The minimum atomic E-state index is -1.25. The topological polar surface area (TPSA) is 65.0 Å². The first kappa shape index (κ1) is 12.9. The van der Waals surface area contributed by atoms with Crippen LogP contribution in [0.3, 0.4) is 0 Å². The lowest BCUT2D eigenvalue weighted by molar-refractivity contribution is -0.150. The quantitative estimate of drug-likeness (QED) is 0.812. The average molecular weight is 252 g/mol. The van der Waals surface area contributed by atoms with Crippen molar-refractivity contribution in [1.82, 2.24) is 0 Å². The molecule has 0 aliphatic carbocycles. The van der Waals surface area contributed by atoms with Crippen molar-refractivity contribution in [3.8, 4) is 5.75 Å². The first-order valence-electron chi connectivity index (χ1n) is 5.81. The van der Waals surface area contributed by atoms with Crippen LogP contribution in [0.4, 0.5) is 0 Å². The summed E-state index contributed by atoms with van der Waals surface area (Å²) in [5.41, 5.74) is 0.483. The number of aliphatic hydroxyl groups is 1. The van der Waals surface area contributed by atoms with Gasteiger partial charge < -0.3 is 19.3 Å². The number of hydrogen-bond donors (Lipinski definition) is 1. The van der Waals surface area contributed by atoms with Gasteiger partial charge >= 0.3 is 5.97 Å². The van der Waals surface area contributed by atoms with Crippen molar-refractivity contribution in [2.24, 2.45) is 0 Å². The van der Waals surface area contributed by atoms with Gasteiger partial charge in [0.15, 0.2) is 6.10 Å². The molecule has 0 bridgehead atoms. The molecule has 0 radical (unpaired) electrons. The highest BCUT2D eigenvalue weighted by molar-refractivity contribution is 5.76. The van der Waals surface area contributed by atoms with Gasteiger partial charge in [0.25, 0.3) is 0 Å². The summed E-state index contributed by atoms with van der Waals surface area (Å²) in [6.07, 6.45) is -0.285. The van der Waals surface area contributed by atoms with Crippen LogP contribution in [-0.2, 0) is 14.3 Å². The van der Waals surface area contributed by atoms with Crippen LogP contribution in [0.5, 0.6) is 5.75 Å². The third kappa shape index (κ3) is 3.00. The van der Waals surface area contributed by atoms with Crippen molar-refractivity contribution in [2.45, 2.75) is 18.6 Å². The Morgan fingerprint density at radius 1 is 1.44 bits per heavy atom. The molecule has 1 aliphatic rings. The third-order valence-corrected chi connectivity index (χ3v) is 2.81. The van der Waals surface area contributed by atoms with Crippen LogP contribution in [0.15, 0.2) is 24.3 Å². The van der Waals surface area contributed by atoms with Crippen LogP contribution in [0.1, 0.15) is 18.1 Å². The highest BCUT2D eigenvalue weighted by atomic mass is 16.5. The van der Waals surface area contributed by atoms with Gasteiger partial charge in [0, 0.05) is 6.42 Å². The van der Waals surface area contributed by atoms with Crippen LogP contribution in [0, 0.1) is 0 Å². The molecule has 0 spiro atoms. The molecule has 1 saturated heterocycles. The van der Waals surface area contributed by atoms with Gasteiger partial charge in [0.1, 0.15) is 11.9 Å². The lowest BCUT2D eigenvalue weighted by Crippen LogP contribution is -2.16. The maximum absolute atomic E-state index is 11.2. The highest BCUT2D eigenvalue weighted by Gasteiger charge is 2.19. The number of hydrogen-bond acceptors (Lipinski definition) is 5. The zero-order chi connectivity index (χ0) is 13.0. The van der Waals surface area contributed by atoms with Gasteiger partial charge in [0.2, 0.25) is 0 Å². The Morgan fingerprint density at radius 3 is 2.72 bits per heavy atom. The Morgan fingerprint density at radius 2 is 2.17 bits per heavy atom. The Bertz CT molecular complexity index is 394. The van der Waals surface area contributed by atoms with E-state index in [0.717, 1.165) is 13.0 Å². The van der Waals surface area contributed by atoms with Crippen molar-refractivity contribution < 1.29 is 24.1 Å². The van der Waals surface area contributed by atoms with E-state index in [-0.39, 0.29) is 6.10 Å². The maximum Gasteiger partial charge on any atom is 0.339 e. The summed E-state index contributed by atoms with van der Waals surface area (Å²) in [5.74, 6) is 0.0270. The van der Waals surface area contributed by atoms with E-state index in [1.165, 1.54) is 7.11 Å². The lowest BCUT2D eigenvalue weighted by atomic mass is 10.1. The van der Waals surface area contributed by atoms with E-state index in [1.807, 2.05) is 0 Å². The summed E-state index contributed by atoms with van der Waals surface area (Å²) in [4.78, 5) is 11.2. The van der Waals surface area contributed by atoms with E-state index in [0.29, 0.717) is 17.9 Å². The summed E-state index contributed by atoms with van der Waals surface area (Å²) < 4.78 is 15.4. The van der Waals surface area contributed by atoms with Gasteiger partial charge in [0.05, 0.1) is 20.3 Å². The predicted molar refractivity (Wildman–Crippen MR) is 63.3 cm³/mol. The molecule has 2 atom stereocenters. The highest BCUT2D eigenvalue weighted by Crippen LogP contribution is 2.21. The predicted octanol–water partition coefficient (Wildman–Crippen LogP) is 1.06. The molecule has 18 heavy (non-hydrogen) atoms. The molecule has 5 heteroatoms. The molecule has 1 fully saturated rings.